The number of hydrogen-bond acceptors (Lipinski definition) is 12. The number of carbonyl (C=O) groups excluding carboxylic acids is 5. The fraction of sp³-hybridized carbons (Fsp3) is 0.514. The third-order valence-electron chi connectivity index (χ3n) is 7.17. The first kappa shape index (κ1) is 38.3. The average Bonchev–Trinajstić information content (AvgIpc) is 3.02. The van der Waals surface area contributed by atoms with E-state index in [0.717, 1.165) is 11.8 Å². The maximum Gasteiger partial charge on any atom is 0.411 e. The lowest BCUT2D eigenvalue weighted by Crippen LogP contribution is -2.62. The molecule has 2 aromatic carbocycles. The van der Waals surface area contributed by atoms with Crippen molar-refractivity contribution in [2.45, 2.75) is 108 Å². The first-order chi connectivity index (χ1) is 22.7. The van der Waals surface area contributed by atoms with E-state index in [4.69, 9.17) is 28.4 Å². The van der Waals surface area contributed by atoms with Crippen molar-refractivity contribution in [3.8, 4) is 0 Å². The van der Waals surface area contributed by atoms with Gasteiger partial charge in [0.1, 0.15) is 30.3 Å². The molecule has 3 rings (SSSR count). The van der Waals surface area contributed by atoms with Crippen molar-refractivity contribution in [3.63, 3.8) is 0 Å². The van der Waals surface area contributed by atoms with Crippen molar-refractivity contribution < 1.29 is 52.4 Å². The highest BCUT2D eigenvalue weighted by Gasteiger charge is 2.53. The van der Waals surface area contributed by atoms with E-state index in [9.17, 15) is 24.0 Å². The van der Waals surface area contributed by atoms with Crippen LogP contribution in [-0.2, 0) is 42.8 Å². The maximum absolute atomic E-state index is 13.8. The highest BCUT2D eigenvalue weighted by molar-refractivity contribution is 7.99. The van der Waals surface area contributed by atoms with Crippen LogP contribution in [-0.4, -0.2) is 89.5 Å². The number of carbonyl (C=O) groups is 5. The Balaban J connectivity index is 2.07. The van der Waals surface area contributed by atoms with Gasteiger partial charge in [-0.3, -0.25) is 19.3 Å². The van der Waals surface area contributed by atoms with Crippen molar-refractivity contribution >= 4 is 41.7 Å². The van der Waals surface area contributed by atoms with Gasteiger partial charge in [-0.1, -0.05) is 62.0 Å². The number of hydrogen-bond donors (Lipinski definition) is 0. The summed E-state index contributed by atoms with van der Waals surface area (Å²) in [6, 6.07) is 17.0. The van der Waals surface area contributed by atoms with E-state index in [1.165, 1.54) is 23.6 Å². The van der Waals surface area contributed by atoms with Gasteiger partial charge in [0.05, 0.1) is 5.56 Å². The number of nitrogens with zero attached hydrogens (tertiary/aromatic N) is 1. The van der Waals surface area contributed by atoms with Gasteiger partial charge in [0.25, 0.3) is 0 Å². The summed E-state index contributed by atoms with van der Waals surface area (Å²) in [4.78, 5) is 66.8. The number of rotatable bonds is 13. The van der Waals surface area contributed by atoms with Gasteiger partial charge in [-0.25, -0.2) is 9.59 Å². The molecule has 0 aliphatic carbocycles. The summed E-state index contributed by atoms with van der Waals surface area (Å²) >= 11 is 1.18. The average molecular weight is 688 g/mol. The molecular weight excluding hydrogens is 642 g/mol. The zero-order chi connectivity index (χ0) is 35.4. The third-order valence-corrected chi connectivity index (χ3v) is 8.33. The molecule has 0 saturated carbocycles. The van der Waals surface area contributed by atoms with Gasteiger partial charge in [0, 0.05) is 24.8 Å². The Kier molecular flexibility index (Phi) is 14.3. The minimum absolute atomic E-state index is 0.224. The van der Waals surface area contributed by atoms with Crippen LogP contribution < -0.4 is 0 Å². The Morgan fingerprint density at radius 3 is 1.96 bits per heavy atom. The number of thioether (sulfide) groups is 1. The van der Waals surface area contributed by atoms with Gasteiger partial charge in [-0.05, 0) is 57.9 Å². The largest absolute Gasteiger partial charge is 0.463 e. The second-order valence-electron chi connectivity index (χ2n) is 12.1. The maximum atomic E-state index is 13.8. The van der Waals surface area contributed by atoms with E-state index in [1.807, 2.05) is 44.2 Å². The molecule has 1 aliphatic rings. The summed E-state index contributed by atoms with van der Waals surface area (Å²) in [5.41, 5.74) is -1.62. The Labute approximate surface area is 285 Å². The monoisotopic (exact) mass is 687 g/mol. The van der Waals surface area contributed by atoms with E-state index in [1.54, 1.807) is 51.1 Å². The second kappa shape index (κ2) is 17.9. The summed E-state index contributed by atoms with van der Waals surface area (Å²) in [6.45, 7) is 10.4. The molecule has 1 amide bonds. The highest BCUT2D eigenvalue weighted by Crippen LogP contribution is 2.38. The minimum atomic E-state index is -1.44. The van der Waals surface area contributed by atoms with Gasteiger partial charge in [-0.15, -0.1) is 0 Å². The smallest absolute Gasteiger partial charge is 0.411 e. The number of esters is 4. The number of ether oxygens (including phenoxy) is 6. The van der Waals surface area contributed by atoms with Crippen LogP contribution in [0, 0.1) is 0 Å². The van der Waals surface area contributed by atoms with Gasteiger partial charge in [-0.2, -0.15) is 0 Å². The van der Waals surface area contributed by atoms with Crippen LogP contribution in [0.1, 0.15) is 71.7 Å². The summed E-state index contributed by atoms with van der Waals surface area (Å²) in [5.74, 6) is -2.97. The molecule has 0 aromatic heterocycles. The van der Waals surface area contributed by atoms with Crippen LogP contribution in [0.25, 0.3) is 0 Å². The van der Waals surface area contributed by atoms with Crippen molar-refractivity contribution in [3.05, 3.63) is 66.2 Å². The molecule has 0 spiro atoms. The van der Waals surface area contributed by atoms with Crippen molar-refractivity contribution in [1.29, 1.82) is 0 Å². The third kappa shape index (κ3) is 11.6. The molecule has 1 saturated heterocycles. The molecule has 5 atom stereocenters. The fourth-order valence-corrected chi connectivity index (χ4v) is 6.15. The zero-order valence-corrected chi connectivity index (χ0v) is 29.2. The summed E-state index contributed by atoms with van der Waals surface area (Å²) in [6.07, 6.45) is -4.88. The predicted molar refractivity (Wildman–Crippen MR) is 176 cm³/mol. The lowest BCUT2D eigenvalue weighted by molar-refractivity contribution is -0.232. The van der Waals surface area contributed by atoms with Gasteiger partial charge >= 0.3 is 30.0 Å². The lowest BCUT2D eigenvalue weighted by Gasteiger charge is -2.44. The molecule has 0 radical (unpaired) electrons. The normalized spacial score (nSPS) is 20.7. The SMILES string of the molecule is CCC(CC)N(CC(=O)O[C@H]1[C@@H](OC(C)=O)[C@@H](COC(C)=O)O[C@@H](Sc2ccccc2)[C@@H]1OC(=O)c1ccccc1)C(=O)OC(C)(C)C. The molecule has 1 fully saturated rings. The molecular formula is C35H45NO11S. The standard InChI is InChI=1S/C35H45NO11S/c1-8-25(9-2)36(34(41)47-35(5,6)7)20-28(39)45-30-29(43-23(4)38)27(21-42-22(3)37)44-33(48-26-18-14-11-15-19-26)31(30)46-32(40)24-16-12-10-13-17-24/h10-19,25,27,29-31,33H,8-9,20-21H2,1-7H3/t27-,29+,30+,31-,33+/m1/s1. The van der Waals surface area contributed by atoms with Gasteiger partial charge in [0.2, 0.25) is 0 Å². The Bertz CT molecular complexity index is 1380. The molecule has 262 valence electrons. The molecule has 2 aromatic rings. The Morgan fingerprint density at radius 1 is 0.812 bits per heavy atom. The Morgan fingerprint density at radius 2 is 1.42 bits per heavy atom. The molecule has 12 nitrogen and oxygen atoms in total. The molecule has 13 heteroatoms. The van der Waals surface area contributed by atoms with Crippen LogP contribution in [0.2, 0.25) is 0 Å². The van der Waals surface area contributed by atoms with Crippen molar-refractivity contribution in [2.24, 2.45) is 0 Å². The second-order valence-corrected chi connectivity index (χ2v) is 13.3. The van der Waals surface area contributed by atoms with E-state index < -0.39 is 72.0 Å². The zero-order valence-electron chi connectivity index (χ0n) is 28.4. The van der Waals surface area contributed by atoms with Crippen LogP contribution in [0.4, 0.5) is 4.79 Å². The number of amides is 1. The molecule has 0 unspecified atom stereocenters. The number of benzene rings is 2. The highest BCUT2D eigenvalue weighted by atomic mass is 32.2. The summed E-state index contributed by atoms with van der Waals surface area (Å²) in [5, 5.41) is 0. The minimum Gasteiger partial charge on any atom is -0.463 e. The molecule has 0 bridgehead atoms. The topological polar surface area (TPSA) is 144 Å². The van der Waals surface area contributed by atoms with E-state index in [2.05, 4.69) is 0 Å². The van der Waals surface area contributed by atoms with Crippen molar-refractivity contribution in [1.82, 2.24) is 4.90 Å². The summed E-state index contributed by atoms with van der Waals surface area (Å²) < 4.78 is 34.8. The first-order valence-corrected chi connectivity index (χ1v) is 16.7. The lowest BCUT2D eigenvalue weighted by atomic mass is 9.99. The molecule has 48 heavy (non-hydrogen) atoms. The van der Waals surface area contributed by atoms with Crippen LogP contribution in [0.3, 0.4) is 0 Å². The van der Waals surface area contributed by atoms with Crippen LogP contribution in [0.5, 0.6) is 0 Å². The van der Waals surface area contributed by atoms with Crippen molar-refractivity contribution in [2.75, 3.05) is 13.2 Å². The molecule has 0 N–H and O–H groups in total. The predicted octanol–water partition coefficient (Wildman–Crippen LogP) is 5.56. The van der Waals surface area contributed by atoms with Crippen LogP contribution >= 0.6 is 11.8 Å². The van der Waals surface area contributed by atoms with Gasteiger partial charge in [0.15, 0.2) is 18.3 Å². The van der Waals surface area contributed by atoms with Crippen LogP contribution in [0.15, 0.2) is 65.6 Å². The quantitative estimate of drug-likeness (QED) is 0.192. The summed E-state index contributed by atoms with van der Waals surface area (Å²) in [7, 11) is 0. The van der Waals surface area contributed by atoms with E-state index in [0.29, 0.717) is 12.8 Å². The Hall–Kier alpha value is -4.10. The fourth-order valence-electron chi connectivity index (χ4n) is 5.02. The van der Waals surface area contributed by atoms with Gasteiger partial charge < -0.3 is 28.4 Å². The van der Waals surface area contributed by atoms with E-state index >= 15 is 0 Å². The van der Waals surface area contributed by atoms with E-state index in [-0.39, 0.29) is 18.2 Å². The first-order valence-electron chi connectivity index (χ1n) is 15.8. The molecule has 1 aliphatic heterocycles. The molecule has 1 heterocycles.